The first-order chi connectivity index (χ1) is 18.4. The number of hydrogen-bond acceptors (Lipinski definition) is 3. The van der Waals surface area contributed by atoms with Crippen LogP contribution >= 0.6 is 11.6 Å². The van der Waals surface area contributed by atoms with E-state index in [1.165, 1.54) is 13.8 Å². The Morgan fingerprint density at radius 3 is 1.95 bits per heavy atom. The van der Waals surface area contributed by atoms with Crippen molar-refractivity contribution in [3.8, 4) is 0 Å². The standard InChI is InChI=1S/C26H23ClF10O3S/c1-13(11-41(39,40)12-24(29,30)31)6-22(38)18-5-4-16(9-20(18)26(35,36)37)21(28)10-19(25(32,33)34)17-7-14(2)23(27)15(3)8-17/h4-5,7-10,13,19H,6,11-12H2,1-3H3/b21-10-/t13-,19?/m0/s1. The van der Waals surface area contributed by atoms with Crippen molar-refractivity contribution in [3.63, 3.8) is 0 Å². The fraction of sp³-hybridized carbons (Fsp3) is 0.423. The average Bonchev–Trinajstić information content (AvgIpc) is 2.76. The Hall–Kier alpha value is -2.61. The molecule has 0 heterocycles. The maximum atomic E-state index is 15.0. The number of sulfone groups is 1. The molecule has 0 N–H and O–H groups in total. The number of aryl methyl sites for hydroxylation is 2. The minimum atomic E-state index is -5.29. The van der Waals surface area contributed by atoms with Gasteiger partial charge in [0, 0.05) is 22.6 Å². The van der Waals surface area contributed by atoms with Gasteiger partial charge in [-0.3, -0.25) is 4.79 Å². The molecule has 0 spiro atoms. The second-order valence-electron chi connectivity index (χ2n) is 9.66. The first-order valence-corrected chi connectivity index (χ1v) is 13.8. The summed E-state index contributed by atoms with van der Waals surface area (Å²) in [4.78, 5) is 12.6. The van der Waals surface area contributed by atoms with Gasteiger partial charge in [0.2, 0.25) is 0 Å². The van der Waals surface area contributed by atoms with Crippen LogP contribution in [0.25, 0.3) is 5.83 Å². The number of hydrogen-bond donors (Lipinski definition) is 0. The van der Waals surface area contributed by atoms with Crippen molar-refractivity contribution in [2.24, 2.45) is 5.92 Å². The molecule has 2 rings (SSSR count). The molecular formula is C26H23ClF10O3S. The molecule has 15 heteroatoms. The van der Waals surface area contributed by atoms with Crippen molar-refractivity contribution in [1.29, 1.82) is 0 Å². The third-order valence-corrected chi connectivity index (χ3v) is 8.28. The number of carbonyl (C=O) groups excluding carboxylic acids is 1. The highest BCUT2D eigenvalue weighted by molar-refractivity contribution is 7.91. The lowest BCUT2D eigenvalue weighted by Crippen LogP contribution is -2.28. The number of ketones is 1. The van der Waals surface area contributed by atoms with Crippen molar-refractivity contribution >= 4 is 33.0 Å². The van der Waals surface area contributed by atoms with Crippen molar-refractivity contribution in [2.45, 2.75) is 51.6 Å². The minimum absolute atomic E-state index is 0.0900. The van der Waals surface area contributed by atoms with Crippen molar-refractivity contribution in [3.05, 3.63) is 74.8 Å². The van der Waals surface area contributed by atoms with E-state index >= 15 is 4.39 Å². The van der Waals surface area contributed by atoms with Gasteiger partial charge in [-0.2, -0.15) is 39.5 Å². The minimum Gasteiger partial charge on any atom is -0.294 e. The second kappa shape index (κ2) is 12.3. The zero-order chi connectivity index (χ0) is 31.7. The summed E-state index contributed by atoms with van der Waals surface area (Å²) in [6.07, 6.45) is -16.2. The van der Waals surface area contributed by atoms with E-state index in [1.807, 2.05) is 0 Å². The summed E-state index contributed by atoms with van der Waals surface area (Å²) in [6.45, 7) is 3.89. The summed E-state index contributed by atoms with van der Waals surface area (Å²) in [5.74, 6) is -10.2. The molecule has 0 bridgehead atoms. The zero-order valence-electron chi connectivity index (χ0n) is 21.5. The van der Waals surface area contributed by atoms with E-state index in [1.54, 1.807) is 0 Å². The number of rotatable bonds is 9. The second-order valence-corrected chi connectivity index (χ2v) is 12.2. The van der Waals surface area contributed by atoms with Gasteiger partial charge in [-0.25, -0.2) is 12.8 Å². The topological polar surface area (TPSA) is 51.2 Å². The lowest BCUT2D eigenvalue weighted by molar-refractivity contribution is -0.140. The Morgan fingerprint density at radius 2 is 1.49 bits per heavy atom. The van der Waals surface area contributed by atoms with Crippen LogP contribution in [0.2, 0.25) is 5.02 Å². The molecule has 228 valence electrons. The molecule has 0 radical (unpaired) electrons. The highest BCUT2D eigenvalue weighted by Gasteiger charge is 2.41. The zero-order valence-corrected chi connectivity index (χ0v) is 23.1. The first kappa shape index (κ1) is 34.6. The molecule has 0 aliphatic rings. The summed E-state index contributed by atoms with van der Waals surface area (Å²) < 4.78 is 159. The predicted molar refractivity (Wildman–Crippen MR) is 133 cm³/mol. The molecule has 0 aliphatic carbocycles. The summed E-state index contributed by atoms with van der Waals surface area (Å²) in [7, 11) is -4.73. The Labute approximate surface area is 234 Å². The summed E-state index contributed by atoms with van der Waals surface area (Å²) in [6, 6.07) is 3.43. The molecular weight excluding hydrogens is 618 g/mol. The van der Waals surface area contributed by atoms with Crippen LogP contribution in [0.4, 0.5) is 43.9 Å². The average molecular weight is 641 g/mol. The van der Waals surface area contributed by atoms with Crippen LogP contribution in [-0.4, -0.2) is 38.1 Å². The maximum absolute atomic E-state index is 15.0. The SMILES string of the molecule is Cc1cc(C(/C=C(\F)c2ccc(C(=O)C[C@H](C)CS(=O)(=O)CC(F)(F)F)c(C(F)(F)F)c2)C(F)(F)F)cc(C)c1Cl. The Morgan fingerprint density at radius 1 is 0.951 bits per heavy atom. The molecule has 1 unspecified atom stereocenters. The van der Waals surface area contributed by atoms with Crippen LogP contribution in [0.15, 0.2) is 36.4 Å². The third-order valence-electron chi connectivity index (χ3n) is 5.84. The van der Waals surface area contributed by atoms with Crippen molar-refractivity contribution < 1.29 is 57.1 Å². The Balaban J connectivity index is 2.46. The van der Waals surface area contributed by atoms with Crippen LogP contribution in [0, 0.1) is 19.8 Å². The fourth-order valence-electron chi connectivity index (χ4n) is 4.18. The highest BCUT2D eigenvalue weighted by atomic mass is 35.5. The van der Waals surface area contributed by atoms with E-state index in [0.29, 0.717) is 12.1 Å². The largest absolute Gasteiger partial charge is 0.417 e. The van der Waals surface area contributed by atoms with Gasteiger partial charge in [0.05, 0.1) is 11.3 Å². The summed E-state index contributed by atoms with van der Waals surface area (Å²) >= 11 is 5.98. The molecule has 0 amide bonds. The molecule has 0 saturated heterocycles. The van der Waals surface area contributed by atoms with Crippen LogP contribution in [0.3, 0.4) is 0 Å². The van der Waals surface area contributed by atoms with Crippen LogP contribution in [0.5, 0.6) is 0 Å². The van der Waals surface area contributed by atoms with Crippen molar-refractivity contribution in [1.82, 2.24) is 0 Å². The quantitative estimate of drug-likeness (QED) is 0.203. The highest BCUT2D eigenvalue weighted by Crippen LogP contribution is 2.41. The first-order valence-electron chi connectivity index (χ1n) is 11.6. The molecule has 2 atom stereocenters. The molecule has 0 aromatic heterocycles. The van der Waals surface area contributed by atoms with E-state index in [2.05, 4.69) is 0 Å². The van der Waals surface area contributed by atoms with Crippen LogP contribution < -0.4 is 0 Å². The molecule has 2 aromatic rings. The Kier molecular flexibility index (Phi) is 10.4. The molecule has 0 aliphatic heterocycles. The monoisotopic (exact) mass is 640 g/mol. The number of Topliss-reactive ketones (excluding diaryl/α,β-unsaturated/α-hetero) is 1. The van der Waals surface area contributed by atoms with E-state index in [9.17, 15) is 52.7 Å². The van der Waals surface area contributed by atoms with Gasteiger partial charge in [-0.15, -0.1) is 0 Å². The Bertz CT molecular complexity index is 1400. The summed E-state index contributed by atoms with van der Waals surface area (Å²) in [5, 5.41) is 0.182. The van der Waals surface area contributed by atoms with Gasteiger partial charge in [-0.1, -0.05) is 42.8 Å². The molecule has 0 fully saturated rings. The predicted octanol–water partition coefficient (Wildman–Crippen LogP) is 8.82. The van der Waals surface area contributed by atoms with Gasteiger partial charge >= 0.3 is 18.5 Å². The van der Waals surface area contributed by atoms with E-state index in [4.69, 9.17) is 11.6 Å². The van der Waals surface area contributed by atoms with Crippen LogP contribution in [-0.2, 0) is 16.0 Å². The maximum Gasteiger partial charge on any atom is 0.417 e. The van der Waals surface area contributed by atoms with Gasteiger partial charge in [-0.05, 0) is 48.6 Å². The van der Waals surface area contributed by atoms with Gasteiger partial charge < -0.3 is 0 Å². The number of carbonyl (C=O) groups is 1. The lowest BCUT2D eigenvalue weighted by atomic mass is 9.92. The van der Waals surface area contributed by atoms with E-state index < -0.39 is 92.0 Å². The molecule has 2 aromatic carbocycles. The van der Waals surface area contributed by atoms with Gasteiger partial charge in [0.25, 0.3) is 0 Å². The molecule has 3 nitrogen and oxygen atoms in total. The number of allylic oxidation sites excluding steroid dienone is 1. The number of halogens is 11. The lowest BCUT2D eigenvalue weighted by Gasteiger charge is -2.20. The van der Waals surface area contributed by atoms with Crippen molar-refractivity contribution in [2.75, 3.05) is 11.5 Å². The van der Waals surface area contributed by atoms with E-state index in [-0.39, 0.29) is 28.3 Å². The summed E-state index contributed by atoms with van der Waals surface area (Å²) in [5.41, 5.74) is -3.59. The van der Waals surface area contributed by atoms with Gasteiger partial charge in [0.15, 0.2) is 15.6 Å². The van der Waals surface area contributed by atoms with E-state index in [0.717, 1.165) is 19.1 Å². The smallest absolute Gasteiger partial charge is 0.294 e. The normalized spacial score (nSPS) is 15.1. The fourth-order valence-corrected chi connectivity index (χ4v) is 5.89. The molecule has 41 heavy (non-hydrogen) atoms. The number of alkyl halides is 9. The number of benzene rings is 2. The van der Waals surface area contributed by atoms with Crippen LogP contribution in [0.1, 0.15) is 57.4 Å². The third kappa shape index (κ3) is 9.73. The molecule has 0 saturated carbocycles. The van der Waals surface area contributed by atoms with Gasteiger partial charge in [0.1, 0.15) is 17.5 Å².